The average Bonchev–Trinajstić information content (AvgIpc) is 3.60. The molecule has 17 heteroatoms. The highest BCUT2D eigenvalue weighted by atomic mass is 32.2. The van der Waals surface area contributed by atoms with Crippen LogP contribution in [-0.2, 0) is 30.5 Å². The lowest BCUT2D eigenvalue weighted by molar-refractivity contribution is -0.181. The molecule has 0 spiro atoms. The number of aromatic nitrogens is 4. The van der Waals surface area contributed by atoms with Crippen molar-refractivity contribution in [2.24, 2.45) is 5.92 Å². The number of rotatable bonds is 10. The van der Waals surface area contributed by atoms with Crippen molar-refractivity contribution in [1.82, 2.24) is 24.5 Å². The highest BCUT2D eigenvalue weighted by Crippen LogP contribution is 2.33. The van der Waals surface area contributed by atoms with Crippen LogP contribution in [0.4, 0.5) is 13.2 Å². The number of hydrogen-bond acceptors (Lipinski definition) is 9. The van der Waals surface area contributed by atoms with Gasteiger partial charge in [-0.2, -0.15) is 22.9 Å². The number of esters is 1. The molecule has 1 aliphatic rings. The van der Waals surface area contributed by atoms with Crippen LogP contribution >= 0.6 is 0 Å². The van der Waals surface area contributed by atoms with Crippen LogP contribution in [0.2, 0.25) is 0 Å². The average molecular weight is 653 g/mol. The Morgan fingerprint density at radius 3 is 2.47 bits per heavy atom. The highest BCUT2D eigenvalue weighted by molar-refractivity contribution is 7.90. The van der Waals surface area contributed by atoms with Crippen molar-refractivity contribution in [3.63, 3.8) is 0 Å². The minimum atomic E-state index is -4.69. The molecule has 0 aliphatic carbocycles. The third kappa shape index (κ3) is 7.35. The number of nitrogens with zero attached hydrogens (tertiary/aromatic N) is 5. The molecule has 4 aromatic rings. The van der Waals surface area contributed by atoms with Gasteiger partial charge in [-0.05, 0) is 50.1 Å². The van der Waals surface area contributed by atoms with Gasteiger partial charge in [-0.15, -0.1) is 0 Å². The van der Waals surface area contributed by atoms with Gasteiger partial charge in [-0.25, -0.2) is 17.8 Å². The first-order chi connectivity index (χ1) is 21.2. The number of aryl methyl sites for hydroxylation is 1. The predicted octanol–water partition coefficient (Wildman–Crippen LogP) is 3.64. The maximum absolute atomic E-state index is 13.5. The molecule has 1 aliphatic heterocycles. The summed E-state index contributed by atoms with van der Waals surface area (Å²) in [6.45, 7) is 5.61. The van der Waals surface area contributed by atoms with Gasteiger partial charge in [0.1, 0.15) is 5.02 Å². The monoisotopic (exact) mass is 652 g/mol. The second-order valence-electron chi connectivity index (χ2n) is 10.5. The van der Waals surface area contributed by atoms with Crippen molar-refractivity contribution in [2.45, 2.75) is 57.4 Å². The normalized spacial score (nSPS) is 16.4. The zero-order valence-corrected chi connectivity index (χ0v) is 25.3. The van der Waals surface area contributed by atoms with Gasteiger partial charge in [0.05, 0.1) is 28.7 Å². The Morgan fingerprint density at radius 2 is 1.82 bits per heavy atom. The van der Waals surface area contributed by atoms with E-state index in [4.69, 9.17) is 14.2 Å². The number of carbonyl (C=O) groups is 2. The molecule has 3 heterocycles. The van der Waals surface area contributed by atoms with Crippen LogP contribution in [0.25, 0.3) is 16.9 Å². The van der Waals surface area contributed by atoms with E-state index in [2.05, 4.69) is 9.82 Å². The van der Waals surface area contributed by atoms with Crippen LogP contribution in [0, 0.1) is 12.8 Å². The van der Waals surface area contributed by atoms with Crippen molar-refractivity contribution >= 4 is 21.9 Å². The number of nitrogens with one attached hydrogen (secondary N) is 1. The Morgan fingerprint density at radius 1 is 1.13 bits per heavy atom. The molecule has 242 valence electrons. The number of sulfonamides is 1. The lowest BCUT2D eigenvalue weighted by Gasteiger charge is -2.28. The smallest absolute Gasteiger partial charge is 0.423 e. The summed E-state index contributed by atoms with van der Waals surface area (Å²) in [5, 5.41) is 6.35. The highest BCUT2D eigenvalue weighted by Gasteiger charge is 2.36. The van der Waals surface area contributed by atoms with Gasteiger partial charge in [-0.1, -0.05) is 36.8 Å². The second-order valence-corrected chi connectivity index (χ2v) is 12.2. The Bertz CT molecular complexity index is 1750. The molecule has 2 aromatic heterocycles. The van der Waals surface area contributed by atoms with E-state index >= 15 is 0 Å². The van der Waals surface area contributed by atoms with Crippen LogP contribution in [0.1, 0.15) is 44.4 Å². The summed E-state index contributed by atoms with van der Waals surface area (Å²) in [6.07, 6.45) is -4.47. The zero-order chi connectivity index (χ0) is 32.5. The van der Waals surface area contributed by atoms with Crippen LogP contribution in [0.5, 0.6) is 0 Å². The molecule has 1 saturated heterocycles. The van der Waals surface area contributed by atoms with Crippen LogP contribution in [0.3, 0.4) is 0 Å². The third-order valence-electron chi connectivity index (χ3n) is 7.07. The van der Waals surface area contributed by atoms with Crippen LogP contribution in [-0.4, -0.2) is 59.4 Å². The van der Waals surface area contributed by atoms with Crippen LogP contribution < -0.4 is 14.6 Å². The Kier molecular flexibility index (Phi) is 8.73. The van der Waals surface area contributed by atoms with E-state index in [0.29, 0.717) is 24.9 Å². The number of alkyl halides is 3. The fourth-order valence-electron chi connectivity index (χ4n) is 4.69. The maximum atomic E-state index is 13.5. The number of carbonyl (C=O) groups excluding carboxylic acids is 2. The van der Waals surface area contributed by atoms with Gasteiger partial charge in [0.15, 0.2) is 5.69 Å². The molecule has 45 heavy (non-hydrogen) atoms. The first-order valence-electron chi connectivity index (χ1n) is 14.1. The summed E-state index contributed by atoms with van der Waals surface area (Å²) >= 11 is 0. The number of hydrogen-bond donors (Lipinski definition) is 1. The molecule has 0 saturated carbocycles. The molecule has 0 radical (unpaired) electrons. The summed E-state index contributed by atoms with van der Waals surface area (Å²) in [5.41, 5.74) is 0.683. The first-order valence-corrected chi connectivity index (χ1v) is 15.5. The molecule has 1 fully saturated rings. The molecule has 2 aromatic carbocycles. The van der Waals surface area contributed by atoms with Gasteiger partial charge < -0.3 is 9.57 Å². The molecule has 0 bridgehead atoms. The van der Waals surface area contributed by atoms with Gasteiger partial charge >= 0.3 is 12.1 Å². The lowest BCUT2D eigenvalue weighted by atomic mass is 9.99. The fraction of sp³-hybridized carbons (Fsp3) is 0.393. The summed E-state index contributed by atoms with van der Waals surface area (Å²) in [7, 11) is -4.31. The zero-order valence-electron chi connectivity index (χ0n) is 24.5. The van der Waals surface area contributed by atoms with E-state index in [-0.39, 0.29) is 29.2 Å². The van der Waals surface area contributed by atoms with Crippen LogP contribution in [0.15, 0.2) is 64.1 Å². The largest absolute Gasteiger partial charge is 0.435 e. The van der Waals surface area contributed by atoms with E-state index in [0.717, 1.165) is 21.3 Å². The van der Waals surface area contributed by atoms with E-state index in [9.17, 15) is 31.2 Å². The predicted molar refractivity (Wildman–Crippen MR) is 152 cm³/mol. The van der Waals surface area contributed by atoms with E-state index < -0.39 is 46.0 Å². The molecule has 2 atom stereocenters. The second kappa shape index (κ2) is 12.4. The van der Waals surface area contributed by atoms with E-state index in [1.165, 1.54) is 36.2 Å². The lowest BCUT2D eigenvalue weighted by Crippen LogP contribution is -2.48. The summed E-state index contributed by atoms with van der Waals surface area (Å²) in [4.78, 5) is 30.7. The van der Waals surface area contributed by atoms with Crippen molar-refractivity contribution in [3.8, 4) is 16.9 Å². The topological polar surface area (TPSA) is 143 Å². The number of piperidine rings is 1. The van der Waals surface area contributed by atoms with E-state index in [1.54, 1.807) is 36.2 Å². The molecule has 1 N–H and O–H groups in total. The fourth-order valence-corrected chi connectivity index (χ4v) is 5.74. The molecule has 5 rings (SSSR count). The quantitative estimate of drug-likeness (QED) is 0.201. The summed E-state index contributed by atoms with van der Waals surface area (Å²) in [6, 6.07) is 12.8. The molecular formula is C28H31F3N6O7S. The maximum Gasteiger partial charge on any atom is 0.435 e. The van der Waals surface area contributed by atoms with Gasteiger partial charge in [0.25, 0.3) is 16.3 Å². The Balaban J connectivity index is 1.26. The molecule has 2 unspecified atom stereocenters. The standard InChI is InChI=1S/C28H31F3N6O7S/c1-4-26(38)42-19(3)43-37-36(44-37)34-15-5-6-21(17-34)27(39)33-45(40,41)23-13-11-22(12-14-23)35-24(16-25(32-35)28(29,30)31)20-9-7-18(2)8-10-20/h7-14,16,19,21H,4-6,15,17H2,1-3H3,(H,33,39). The van der Waals surface area contributed by atoms with Gasteiger partial charge in [-0.3, -0.25) is 14.6 Å². The van der Waals surface area contributed by atoms with Crippen molar-refractivity contribution in [2.75, 3.05) is 18.1 Å². The number of halogens is 3. The van der Waals surface area contributed by atoms with E-state index in [1.807, 2.05) is 6.92 Å². The number of amides is 1. The van der Waals surface area contributed by atoms with Crippen molar-refractivity contribution < 1.29 is 45.4 Å². The minimum Gasteiger partial charge on any atom is -0.423 e. The van der Waals surface area contributed by atoms with Crippen molar-refractivity contribution in [1.29, 1.82) is 0 Å². The Labute approximate surface area is 255 Å². The third-order valence-corrected chi connectivity index (χ3v) is 8.43. The molecule has 1 amide bonds. The summed E-state index contributed by atoms with van der Waals surface area (Å²) in [5.74, 6) is -1.89. The Hall–Kier alpha value is -4.67. The summed E-state index contributed by atoms with van der Waals surface area (Å²) < 4.78 is 80.2. The first kappa shape index (κ1) is 31.7. The van der Waals surface area contributed by atoms with Gasteiger partial charge in [0, 0.05) is 30.4 Å². The molecule has 13 nitrogen and oxygen atoms in total. The number of ether oxygens (including phenoxy) is 1. The molecular weight excluding hydrogens is 621 g/mol. The minimum absolute atomic E-state index is 0.117. The van der Waals surface area contributed by atoms with Gasteiger partial charge in [0.2, 0.25) is 5.91 Å². The number of benzene rings is 2. The SMILES string of the molecule is CCC(=O)OC(C)On1on1N1CCCC(C(=O)NS(=O)(=O)c2ccc(-n3nc(C(F)(F)F)cc3-c3ccc(C)cc3)cc2)C1. The van der Waals surface area contributed by atoms with Crippen molar-refractivity contribution in [3.05, 3.63) is 65.9 Å².